The van der Waals surface area contributed by atoms with Gasteiger partial charge in [-0.2, -0.15) is 18.3 Å². The maximum absolute atomic E-state index is 12.5. The summed E-state index contributed by atoms with van der Waals surface area (Å²) < 4.78 is 44.3. The standard InChI is InChI=1S/C14H18F3N3O/c1-9(2)18-7-12-10(3)6-11(21-12)8-20-5-4-13(19-20)14(15,16)17/h4-6,9,18H,7-8H2,1-3H3. The van der Waals surface area contributed by atoms with E-state index in [2.05, 4.69) is 10.4 Å². The molecule has 0 aromatic carbocycles. The highest BCUT2D eigenvalue weighted by Gasteiger charge is 2.33. The van der Waals surface area contributed by atoms with Crippen molar-refractivity contribution in [3.05, 3.63) is 41.1 Å². The zero-order chi connectivity index (χ0) is 15.6. The second-order valence-electron chi connectivity index (χ2n) is 5.25. The topological polar surface area (TPSA) is 43.0 Å². The van der Waals surface area contributed by atoms with Crippen molar-refractivity contribution in [3.63, 3.8) is 0 Å². The largest absolute Gasteiger partial charge is 0.462 e. The summed E-state index contributed by atoms with van der Waals surface area (Å²) >= 11 is 0. The summed E-state index contributed by atoms with van der Waals surface area (Å²) in [5, 5.41) is 6.74. The Balaban J connectivity index is 2.06. The van der Waals surface area contributed by atoms with E-state index in [0.29, 0.717) is 18.3 Å². The van der Waals surface area contributed by atoms with Gasteiger partial charge in [-0.25, -0.2) is 0 Å². The van der Waals surface area contributed by atoms with Crippen LogP contribution in [0.1, 0.15) is 36.6 Å². The van der Waals surface area contributed by atoms with Crippen LogP contribution in [-0.2, 0) is 19.3 Å². The van der Waals surface area contributed by atoms with Crippen molar-refractivity contribution in [3.8, 4) is 0 Å². The van der Waals surface area contributed by atoms with Crippen LogP contribution in [0, 0.1) is 6.92 Å². The first kappa shape index (κ1) is 15.6. The smallest absolute Gasteiger partial charge is 0.435 e. The minimum atomic E-state index is -4.42. The number of halogens is 3. The lowest BCUT2D eigenvalue weighted by Crippen LogP contribution is -2.21. The first-order valence-electron chi connectivity index (χ1n) is 6.68. The van der Waals surface area contributed by atoms with Gasteiger partial charge in [0.15, 0.2) is 5.69 Å². The molecule has 2 rings (SSSR count). The Bertz CT molecular complexity index is 599. The third-order valence-corrected chi connectivity index (χ3v) is 2.99. The SMILES string of the molecule is Cc1cc(Cn2ccc(C(F)(F)F)n2)oc1CNC(C)C. The lowest BCUT2D eigenvalue weighted by atomic mass is 10.2. The number of furan rings is 1. The maximum Gasteiger partial charge on any atom is 0.435 e. The predicted octanol–water partition coefficient (Wildman–Crippen LogP) is 3.35. The van der Waals surface area contributed by atoms with Crippen LogP contribution in [-0.4, -0.2) is 15.8 Å². The molecular weight excluding hydrogens is 283 g/mol. The van der Waals surface area contributed by atoms with Crippen LogP contribution in [0.5, 0.6) is 0 Å². The van der Waals surface area contributed by atoms with Gasteiger partial charge in [-0.05, 0) is 24.6 Å². The number of aryl methyl sites for hydroxylation is 1. The van der Waals surface area contributed by atoms with Gasteiger partial charge in [0, 0.05) is 12.2 Å². The van der Waals surface area contributed by atoms with Crippen molar-refractivity contribution >= 4 is 0 Å². The lowest BCUT2D eigenvalue weighted by molar-refractivity contribution is -0.141. The second kappa shape index (κ2) is 5.93. The molecule has 4 nitrogen and oxygen atoms in total. The van der Waals surface area contributed by atoms with Crippen molar-refractivity contribution in [2.45, 2.75) is 46.1 Å². The molecule has 0 unspecified atom stereocenters. The molecule has 2 aromatic heterocycles. The summed E-state index contributed by atoms with van der Waals surface area (Å²) in [6.45, 7) is 6.74. The third kappa shape index (κ3) is 4.10. The molecule has 0 aliphatic rings. The molecule has 2 aromatic rings. The molecule has 2 heterocycles. The maximum atomic E-state index is 12.5. The molecule has 0 amide bonds. The molecular formula is C14H18F3N3O. The third-order valence-electron chi connectivity index (χ3n) is 2.99. The zero-order valence-electron chi connectivity index (χ0n) is 12.2. The van der Waals surface area contributed by atoms with Crippen molar-refractivity contribution in [1.82, 2.24) is 15.1 Å². The number of hydrogen-bond donors (Lipinski definition) is 1. The molecule has 1 N–H and O–H groups in total. The van der Waals surface area contributed by atoms with E-state index in [4.69, 9.17) is 4.42 Å². The Morgan fingerprint density at radius 3 is 2.67 bits per heavy atom. The van der Waals surface area contributed by atoms with Gasteiger partial charge >= 0.3 is 6.18 Å². The van der Waals surface area contributed by atoms with Crippen LogP contribution in [0.3, 0.4) is 0 Å². The van der Waals surface area contributed by atoms with Crippen molar-refractivity contribution in [1.29, 1.82) is 0 Å². The van der Waals surface area contributed by atoms with Crippen LogP contribution < -0.4 is 5.32 Å². The Labute approximate surface area is 120 Å². The number of nitrogens with one attached hydrogen (secondary N) is 1. The zero-order valence-corrected chi connectivity index (χ0v) is 12.2. The first-order chi connectivity index (χ1) is 9.75. The van der Waals surface area contributed by atoms with Gasteiger partial charge in [-0.1, -0.05) is 13.8 Å². The Morgan fingerprint density at radius 2 is 2.10 bits per heavy atom. The van der Waals surface area contributed by atoms with E-state index in [9.17, 15) is 13.2 Å². The summed E-state index contributed by atoms with van der Waals surface area (Å²) in [7, 11) is 0. The molecule has 116 valence electrons. The molecule has 0 saturated heterocycles. The van der Waals surface area contributed by atoms with Gasteiger partial charge in [0.1, 0.15) is 11.5 Å². The second-order valence-corrected chi connectivity index (χ2v) is 5.25. The van der Waals surface area contributed by atoms with E-state index >= 15 is 0 Å². The van der Waals surface area contributed by atoms with Crippen molar-refractivity contribution in [2.75, 3.05) is 0 Å². The van der Waals surface area contributed by atoms with Crippen LogP contribution in [0.15, 0.2) is 22.7 Å². The predicted molar refractivity (Wildman–Crippen MR) is 71.8 cm³/mol. The molecule has 0 bridgehead atoms. The fourth-order valence-electron chi connectivity index (χ4n) is 1.90. The average Bonchev–Trinajstić information content (AvgIpc) is 2.94. The van der Waals surface area contributed by atoms with Gasteiger partial charge < -0.3 is 9.73 Å². The highest BCUT2D eigenvalue weighted by molar-refractivity contribution is 5.20. The minimum Gasteiger partial charge on any atom is -0.462 e. The summed E-state index contributed by atoms with van der Waals surface area (Å²) in [6, 6.07) is 3.11. The normalized spacial score (nSPS) is 12.3. The lowest BCUT2D eigenvalue weighted by Gasteiger charge is -2.06. The number of rotatable bonds is 5. The van der Waals surface area contributed by atoms with Crippen LogP contribution in [0.2, 0.25) is 0 Å². The Hall–Kier alpha value is -1.76. The number of nitrogens with zero attached hydrogens (tertiary/aromatic N) is 2. The molecule has 0 spiro atoms. The van der Waals surface area contributed by atoms with Crippen molar-refractivity contribution in [2.24, 2.45) is 0 Å². The van der Waals surface area contributed by atoms with Gasteiger partial charge in [0.25, 0.3) is 0 Å². The molecule has 7 heteroatoms. The average molecular weight is 301 g/mol. The molecule has 0 aliphatic heterocycles. The summed E-state index contributed by atoms with van der Waals surface area (Å²) in [5.74, 6) is 1.38. The van der Waals surface area contributed by atoms with Crippen LogP contribution in [0.4, 0.5) is 13.2 Å². The van der Waals surface area contributed by atoms with Gasteiger partial charge in [-0.15, -0.1) is 0 Å². The van der Waals surface area contributed by atoms with Crippen LogP contribution in [0.25, 0.3) is 0 Å². The molecule has 0 aliphatic carbocycles. The number of alkyl halides is 3. The highest BCUT2D eigenvalue weighted by atomic mass is 19.4. The van der Waals surface area contributed by atoms with Crippen molar-refractivity contribution < 1.29 is 17.6 Å². The Morgan fingerprint density at radius 1 is 1.38 bits per heavy atom. The molecule has 0 radical (unpaired) electrons. The Kier molecular flexibility index (Phi) is 4.41. The summed E-state index contributed by atoms with van der Waals surface area (Å²) in [6.07, 6.45) is -3.12. The van der Waals surface area contributed by atoms with Gasteiger partial charge in [0.05, 0.1) is 13.1 Å². The molecule has 0 saturated carbocycles. The molecule has 0 fully saturated rings. The minimum absolute atomic E-state index is 0.179. The van der Waals surface area contributed by atoms with E-state index in [1.54, 1.807) is 0 Å². The van der Waals surface area contributed by atoms with E-state index < -0.39 is 11.9 Å². The van der Waals surface area contributed by atoms with E-state index in [1.165, 1.54) is 10.9 Å². The fourth-order valence-corrected chi connectivity index (χ4v) is 1.90. The summed E-state index contributed by atoms with van der Waals surface area (Å²) in [4.78, 5) is 0. The summed E-state index contributed by atoms with van der Waals surface area (Å²) in [5.41, 5.74) is 0.0776. The quantitative estimate of drug-likeness (QED) is 0.921. The molecule has 0 atom stereocenters. The van der Waals surface area contributed by atoms with Crippen LogP contribution >= 0.6 is 0 Å². The fraction of sp³-hybridized carbons (Fsp3) is 0.500. The highest BCUT2D eigenvalue weighted by Crippen LogP contribution is 2.27. The monoisotopic (exact) mass is 301 g/mol. The molecule has 21 heavy (non-hydrogen) atoms. The van der Waals surface area contributed by atoms with Gasteiger partial charge in [-0.3, -0.25) is 4.68 Å². The number of aromatic nitrogens is 2. The number of hydrogen-bond acceptors (Lipinski definition) is 3. The first-order valence-corrected chi connectivity index (χ1v) is 6.68. The van der Waals surface area contributed by atoms with E-state index in [-0.39, 0.29) is 6.54 Å². The van der Waals surface area contributed by atoms with E-state index in [1.807, 2.05) is 26.8 Å². The van der Waals surface area contributed by atoms with Gasteiger partial charge in [0.2, 0.25) is 0 Å². The van der Waals surface area contributed by atoms with E-state index in [0.717, 1.165) is 17.4 Å².